The fourth-order valence-electron chi connectivity index (χ4n) is 2.07. The van der Waals surface area contributed by atoms with Crippen LogP contribution in [0.25, 0.3) is 0 Å². The van der Waals surface area contributed by atoms with Crippen LogP contribution in [0, 0.1) is 5.92 Å². The van der Waals surface area contributed by atoms with Crippen molar-refractivity contribution in [3.63, 3.8) is 0 Å². The molecule has 0 radical (unpaired) electrons. The normalized spacial score (nSPS) is 13.1. The van der Waals surface area contributed by atoms with Crippen LogP contribution in [0.3, 0.4) is 0 Å². The average Bonchev–Trinajstić information content (AvgIpc) is 2.24. The first-order valence-corrected chi connectivity index (χ1v) is 7.77. The third-order valence-electron chi connectivity index (χ3n) is 2.72. The van der Waals surface area contributed by atoms with Crippen molar-refractivity contribution < 1.29 is 13.3 Å². The lowest BCUT2D eigenvalue weighted by Gasteiger charge is -2.31. The molecule has 0 heterocycles. The van der Waals surface area contributed by atoms with Crippen LogP contribution < -0.4 is 0 Å². The van der Waals surface area contributed by atoms with Gasteiger partial charge in [-0.05, 0) is 34.1 Å². The predicted molar refractivity (Wildman–Crippen MR) is 72.2 cm³/mol. The molecule has 5 nitrogen and oxygen atoms in total. The second-order valence-corrected chi connectivity index (χ2v) is 7.89. The molecule has 104 valence electrons. The molecule has 0 aromatic carbocycles. The quantitative estimate of drug-likeness (QED) is 0.570. The summed E-state index contributed by atoms with van der Waals surface area (Å²) in [5.41, 5.74) is 0. The molecule has 0 aliphatic carbocycles. The van der Waals surface area contributed by atoms with Gasteiger partial charge in [0.15, 0.2) is 0 Å². The predicted octanol–water partition coefficient (Wildman–Crippen LogP) is 0.604. The zero-order valence-electron chi connectivity index (χ0n) is 12.3. The molecular formula is C11H28N2O3Si. The van der Waals surface area contributed by atoms with E-state index in [2.05, 4.69) is 38.0 Å². The van der Waals surface area contributed by atoms with E-state index in [-0.39, 0.29) is 0 Å². The molecule has 6 heteroatoms. The Hall–Kier alpha value is 0.0169. The highest BCUT2D eigenvalue weighted by Gasteiger charge is 2.40. The SMILES string of the molecule is CO[Si](CC(CN(C)C)CN(C)C)(OC)OC. The minimum absolute atomic E-state index is 0.478. The Morgan fingerprint density at radius 1 is 0.824 bits per heavy atom. The molecule has 0 aliphatic heterocycles. The van der Waals surface area contributed by atoms with Gasteiger partial charge in [0, 0.05) is 40.5 Å². The summed E-state index contributed by atoms with van der Waals surface area (Å²) in [7, 11) is 10.9. The fraction of sp³-hybridized carbons (Fsp3) is 1.00. The van der Waals surface area contributed by atoms with Gasteiger partial charge in [0.2, 0.25) is 0 Å². The molecule has 17 heavy (non-hydrogen) atoms. The van der Waals surface area contributed by atoms with E-state index in [0.29, 0.717) is 5.92 Å². The molecule has 0 amide bonds. The summed E-state index contributed by atoms with van der Waals surface area (Å²) in [6, 6.07) is 0.840. The van der Waals surface area contributed by atoms with E-state index >= 15 is 0 Å². The molecule has 0 bridgehead atoms. The van der Waals surface area contributed by atoms with Crippen molar-refractivity contribution in [3.8, 4) is 0 Å². The molecule has 0 atom stereocenters. The van der Waals surface area contributed by atoms with E-state index in [4.69, 9.17) is 13.3 Å². The molecule has 0 aromatic rings. The molecular weight excluding hydrogens is 236 g/mol. The van der Waals surface area contributed by atoms with Gasteiger partial charge < -0.3 is 23.1 Å². The van der Waals surface area contributed by atoms with Gasteiger partial charge >= 0.3 is 8.80 Å². The van der Waals surface area contributed by atoms with Gasteiger partial charge in [-0.2, -0.15) is 0 Å². The minimum Gasteiger partial charge on any atom is -0.377 e. The molecule has 0 N–H and O–H groups in total. The van der Waals surface area contributed by atoms with E-state index in [1.54, 1.807) is 21.3 Å². The van der Waals surface area contributed by atoms with Crippen LogP contribution in [0.2, 0.25) is 6.04 Å². The van der Waals surface area contributed by atoms with Crippen molar-refractivity contribution >= 4 is 8.80 Å². The second-order valence-electron chi connectivity index (χ2n) is 4.89. The van der Waals surface area contributed by atoms with Crippen LogP contribution in [0.5, 0.6) is 0 Å². The van der Waals surface area contributed by atoms with Crippen LogP contribution in [0.1, 0.15) is 0 Å². The largest absolute Gasteiger partial charge is 0.500 e. The standard InChI is InChI=1S/C11H28N2O3Si/c1-12(2)8-11(9-13(3)4)10-17(14-5,15-6)16-7/h11H,8-10H2,1-7H3. The fourth-order valence-corrected chi connectivity index (χ4v) is 4.04. The molecule has 0 saturated carbocycles. The molecule has 0 unspecified atom stereocenters. The van der Waals surface area contributed by atoms with Crippen LogP contribution in [0.4, 0.5) is 0 Å². The van der Waals surface area contributed by atoms with Gasteiger partial charge in [-0.3, -0.25) is 0 Å². The first kappa shape index (κ1) is 17.0. The van der Waals surface area contributed by atoms with Gasteiger partial charge in [0.1, 0.15) is 0 Å². The minimum atomic E-state index is -2.47. The molecule has 0 aromatic heterocycles. The van der Waals surface area contributed by atoms with E-state index in [9.17, 15) is 0 Å². The second kappa shape index (κ2) is 8.18. The van der Waals surface area contributed by atoms with E-state index in [0.717, 1.165) is 19.1 Å². The highest BCUT2D eigenvalue weighted by molar-refractivity contribution is 6.60. The van der Waals surface area contributed by atoms with Crippen molar-refractivity contribution in [2.24, 2.45) is 5.92 Å². The number of nitrogens with zero attached hydrogens (tertiary/aromatic N) is 2. The van der Waals surface area contributed by atoms with Crippen LogP contribution >= 0.6 is 0 Å². The topological polar surface area (TPSA) is 34.2 Å². The molecule has 0 fully saturated rings. The van der Waals surface area contributed by atoms with Gasteiger partial charge in [0.25, 0.3) is 0 Å². The maximum Gasteiger partial charge on any atom is 0.500 e. The summed E-state index contributed by atoms with van der Waals surface area (Å²) in [5, 5.41) is 0. The molecule has 0 spiro atoms. The van der Waals surface area contributed by atoms with Crippen molar-refractivity contribution in [1.29, 1.82) is 0 Å². The Labute approximate surface area is 107 Å². The van der Waals surface area contributed by atoms with E-state index in [1.165, 1.54) is 0 Å². The molecule has 0 aliphatic rings. The first-order chi connectivity index (χ1) is 7.89. The first-order valence-electron chi connectivity index (χ1n) is 5.84. The summed E-state index contributed by atoms with van der Waals surface area (Å²) >= 11 is 0. The zero-order chi connectivity index (χ0) is 13.5. The highest BCUT2D eigenvalue weighted by Crippen LogP contribution is 2.20. The maximum absolute atomic E-state index is 5.49. The van der Waals surface area contributed by atoms with Crippen LogP contribution in [-0.4, -0.2) is 81.2 Å². The van der Waals surface area contributed by atoms with Gasteiger partial charge in [-0.15, -0.1) is 0 Å². The van der Waals surface area contributed by atoms with Crippen molar-refractivity contribution in [2.75, 3.05) is 62.6 Å². The summed E-state index contributed by atoms with van der Waals surface area (Å²) in [6.45, 7) is 2.01. The summed E-state index contributed by atoms with van der Waals surface area (Å²) < 4.78 is 16.5. The molecule has 0 rings (SSSR count). The maximum atomic E-state index is 5.49. The van der Waals surface area contributed by atoms with E-state index in [1.807, 2.05) is 0 Å². The van der Waals surface area contributed by atoms with Crippen LogP contribution in [0.15, 0.2) is 0 Å². The lowest BCUT2D eigenvalue weighted by molar-refractivity contribution is 0.112. The Kier molecular flexibility index (Phi) is 8.19. The summed E-state index contributed by atoms with van der Waals surface area (Å²) in [5.74, 6) is 0.478. The number of hydrogen-bond acceptors (Lipinski definition) is 5. The van der Waals surface area contributed by atoms with Crippen molar-refractivity contribution in [1.82, 2.24) is 9.80 Å². The Morgan fingerprint density at radius 3 is 1.41 bits per heavy atom. The number of rotatable bonds is 9. The third kappa shape index (κ3) is 6.49. The molecule has 0 saturated heterocycles. The summed E-state index contributed by atoms with van der Waals surface area (Å²) in [6.07, 6.45) is 0. The lowest BCUT2D eigenvalue weighted by atomic mass is 10.1. The average molecular weight is 264 g/mol. The number of hydrogen-bond donors (Lipinski definition) is 0. The summed E-state index contributed by atoms with van der Waals surface area (Å²) in [4.78, 5) is 4.38. The van der Waals surface area contributed by atoms with Gasteiger partial charge in [-0.25, -0.2) is 0 Å². The highest BCUT2D eigenvalue weighted by atomic mass is 28.4. The zero-order valence-corrected chi connectivity index (χ0v) is 13.3. The van der Waals surface area contributed by atoms with Crippen LogP contribution in [-0.2, 0) is 13.3 Å². The van der Waals surface area contributed by atoms with Gasteiger partial charge in [-0.1, -0.05) is 0 Å². The smallest absolute Gasteiger partial charge is 0.377 e. The van der Waals surface area contributed by atoms with Gasteiger partial charge in [0.05, 0.1) is 0 Å². The Bertz CT molecular complexity index is 181. The van der Waals surface area contributed by atoms with E-state index < -0.39 is 8.80 Å². The Morgan fingerprint density at radius 2 is 1.18 bits per heavy atom. The van der Waals surface area contributed by atoms with Crippen molar-refractivity contribution in [2.45, 2.75) is 6.04 Å². The monoisotopic (exact) mass is 264 g/mol. The third-order valence-corrected chi connectivity index (χ3v) is 5.66. The lowest BCUT2D eigenvalue weighted by Crippen LogP contribution is -2.47. The Balaban J connectivity index is 4.57. The van der Waals surface area contributed by atoms with Crippen molar-refractivity contribution in [3.05, 3.63) is 0 Å².